The molecule has 2 rings (SSSR count). The SMILES string of the molecule is NCCCc1nnc2c(n1)CCCCC2. The second-order valence-corrected chi connectivity index (χ2v) is 4.07. The molecule has 0 atom stereocenters. The van der Waals surface area contributed by atoms with Crippen molar-refractivity contribution in [2.45, 2.75) is 44.9 Å². The first-order valence-electron chi connectivity index (χ1n) is 5.81. The number of nitrogens with two attached hydrogens (primary N) is 1. The van der Waals surface area contributed by atoms with Gasteiger partial charge in [-0.05, 0) is 38.6 Å². The lowest BCUT2D eigenvalue weighted by molar-refractivity contribution is 0.705. The van der Waals surface area contributed by atoms with Crippen LogP contribution in [-0.2, 0) is 19.3 Å². The molecule has 0 bridgehead atoms. The zero-order valence-corrected chi connectivity index (χ0v) is 9.08. The molecule has 15 heavy (non-hydrogen) atoms. The highest BCUT2D eigenvalue weighted by Gasteiger charge is 2.11. The van der Waals surface area contributed by atoms with Gasteiger partial charge in [0.15, 0.2) is 5.82 Å². The van der Waals surface area contributed by atoms with Gasteiger partial charge in [-0.15, -0.1) is 5.10 Å². The molecular weight excluding hydrogens is 188 g/mol. The summed E-state index contributed by atoms with van der Waals surface area (Å²) >= 11 is 0. The van der Waals surface area contributed by atoms with E-state index in [2.05, 4.69) is 15.2 Å². The highest BCUT2D eigenvalue weighted by atomic mass is 15.2. The zero-order valence-electron chi connectivity index (χ0n) is 9.08. The Morgan fingerprint density at radius 3 is 2.60 bits per heavy atom. The van der Waals surface area contributed by atoms with Crippen molar-refractivity contribution in [3.8, 4) is 0 Å². The predicted octanol–water partition coefficient (Wildman–Crippen LogP) is 1.03. The largest absolute Gasteiger partial charge is 0.330 e. The molecule has 0 aromatic carbocycles. The molecule has 0 unspecified atom stereocenters. The van der Waals surface area contributed by atoms with Crippen LogP contribution in [0.4, 0.5) is 0 Å². The van der Waals surface area contributed by atoms with Gasteiger partial charge in [0.1, 0.15) is 0 Å². The first-order valence-corrected chi connectivity index (χ1v) is 5.81. The van der Waals surface area contributed by atoms with E-state index < -0.39 is 0 Å². The highest BCUT2D eigenvalue weighted by molar-refractivity contribution is 5.12. The topological polar surface area (TPSA) is 64.7 Å². The first-order chi connectivity index (χ1) is 7.40. The molecule has 4 heteroatoms. The second kappa shape index (κ2) is 5.16. The van der Waals surface area contributed by atoms with Crippen molar-refractivity contribution in [2.24, 2.45) is 5.73 Å². The third-order valence-corrected chi connectivity index (χ3v) is 2.81. The Labute approximate surface area is 90.3 Å². The number of nitrogens with zero attached hydrogens (tertiary/aromatic N) is 3. The van der Waals surface area contributed by atoms with Gasteiger partial charge in [0.2, 0.25) is 0 Å². The minimum atomic E-state index is 0.695. The van der Waals surface area contributed by atoms with Crippen LogP contribution in [0.25, 0.3) is 0 Å². The summed E-state index contributed by atoms with van der Waals surface area (Å²) in [6.07, 6.45) is 7.67. The first kappa shape index (κ1) is 10.5. The van der Waals surface area contributed by atoms with E-state index >= 15 is 0 Å². The van der Waals surface area contributed by atoms with Gasteiger partial charge in [-0.2, -0.15) is 5.10 Å². The molecule has 0 radical (unpaired) electrons. The van der Waals surface area contributed by atoms with Crippen molar-refractivity contribution >= 4 is 0 Å². The van der Waals surface area contributed by atoms with E-state index in [9.17, 15) is 0 Å². The minimum Gasteiger partial charge on any atom is -0.330 e. The molecule has 1 aliphatic rings. The van der Waals surface area contributed by atoms with E-state index in [1.54, 1.807) is 0 Å². The van der Waals surface area contributed by atoms with Crippen molar-refractivity contribution in [2.75, 3.05) is 6.54 Å². The summed E-state index contributed by atoms with van der Waals surface area (Å²) in [5.41, 5.74) is 7.75. The molecule has 0 spiro atoms. The fourth-order valence-corrected chi connectivity index (χ4v) is 1.94. The Balaban J connectivity index is 2.13. The summed E-state index contributed by atoms with van der Waals surface area (Å²) in [7, 11) is 0. The molecule has 2 N–H and O–H groups in total. The summed E-state index contributed by atoms with van der Waals surface area (Å²) in [5, 5.41) is 8.43. The van der Waals surface area contributed by atoms with Gasteiger partial charge < -0.3 is 5.73 Å². The number of fused-ring (bicyclic) bond motifs is 1. The molecule has 0 aliphatic heterocycles. The van der Waals surface area contributed by atoms with Crippen LogP contribution in [0.3, 0.4) is 0 Å². The molecule has 0 saturated carbocycles. The van der Waals surface area contributed by atoms with Crippen LogP contribution < -0.4 is 5.73 Å². The lowest BCUT2D eigenvalue weighted by Crippen LogP contribution is -2.09. The maximum absolute atomic E-state index is 5.46. The third kappa shape index (κ3) is 2.72. The van der Waals surface area contributed by atoms with Crippen LogP contribution in [0, 0.1) is 0 Å². The van der Waals surface area contributed by atoms with Crippen molar-refractivity contribution in [3.05, 3.63) is 17.2 Å². The van der Waals surface area contributed by atoms with E-state index in [-0.39, 0.29) is 0 Å². The quantitative estimate of drug-likeness (QED) is 0.750. The van der Waals surface area contributed by atoms with Gasteiger partial charge in [-0.25, -0.2) is 4.98 Å². The zero-order chi connectivity index (χ0) is 10.5. The van der Waals surface area contributed by atoms with Crippen LogP contribution in [0.2, 0.25) is 0 Å². The molecule has 82 valence electrons. The number of aryl methyl sites for hydroxylation is 3. The lowest BCUT2D eigenvalue weighted by Gasteiger charge is -2.04. The number of hydrogen-bond acceptors (Lipinski definition) is 4. The standard InChI is InChI=1S/C11H18N4/c12-8-4-7-11-13-9-5-2-1-3-6-10(9)14-15-11/h1-8,12H2. The van der Waals surface area contributed by atoms with E-state index in [1.165, 1.54) is 25.0 Å². The molecule has 1 aromatic rings. The summed E-state index contributed by atoms with van der Waals surface area (Å²) in [6, 6.07) is 0. The molecular formula is C11H18N4. The van der Waals surface area contributed by atoms with Crippen LogP contribution in [0.1, 0.15) is 42.9 Å². The van der Waals surface area contributed by atoms with Gasteiger partial charge in [0.25, 0.3) is 0 Å². The van der Waals surface area contributed by atoms with E-state index in [0.717, 1.165) is 37.2 Å². The Hall–Kier alpha value is -1.03. The highest BCUT2D eigenvalue weighted by Crippen LogP contribution is 2.16. The number of rotatable bonds is 3. The third-order valence-electron chi connectivity index (χ3n) is 2.81. The Morgan fingerprint density at radius 2 is 1.80 bits per heavy atom. The minimum absolute atomic E-state index is 0.695. The summed E-state index contributed by atoms with van der Waals surface area (Å²) in [6.45, 7) is 0.695. The average Bonchev–Trinajstić information content (AvgIpc) is 2.50. The van der Waals surface area contributed by atoms with Gasteiger partial charge in [0, 0.05) is 6.42 Å². The maximum atomic E-state index is 5.46. The maximum Gasteiger partial charge on any atom is 0.151 e. The van der Waals surface area contributed by atoms with Crippen LogP contribution in [0.15, 0.2) is 0 Å². The second-order valence-electron chi connectivity index (χ2n) is 4.07. The smallest absolute Gasteiger partial charge is 0.151 e. The van der Waals surface area contributed by atoms with E-state index in [1.807, 2.05) is 0 Å². The molecule has 0 saturated heterocycles. The van der Waals surface area contributed by atoms with Crippen molar-refractivity contribution in [1.82, 2.24) is 15.2 Å². The van der Waals surface area contributed by atoms with E-state index in [4.69, 9.17) is 5.73 Å². The Morgan fingerprint density at radius 1 is 1.00 bits per heavy atom. The van der Waals surface area contributed by atoms with Crippen LogP contribution in [0.5, 0.6) is 0 Å². The summed E-state index contributed by atoms with van der Waals surface area (Å²) in [5.74, 6) is 0.862. The van der Waals surface area contributed by atoms with Crippen molar-refractivity contribution in [3.63, 3.8) is 0 Å². The van der Waals surface area contributed by atoms with Gasteiger partial charge in [0.05, 0.1) is 11.4 Å². The van der Waals surface area contributed by atoms with Crippen LogP contribution in [-0.4, -0.2) is 21.7 Å². The molecule has 1 aromatic heterocycles. The van der Waals surface area contributed by atoms with Crippen molar-refractivity contribution in [1.29, 1.82) is 0 Å². The predicted molar refractivity (Wildman–Crippen MR) is 58.5 cm³/mol. The molecule has 0 fully saturated rings. The lowest BCUT2D eigenvalue weighted by atomic mass is 10.2. The fraction of sp³-hybridized carbons (Fsp3) is 0.727. The normalized spacial score (nSPS) is 15.8. The van der Waals surface area contributed by atoms with Gasteiger partial charge >= 0.3 is 0 Å². The average molecular weight is 206 g/mol. The summed E-state index contributed by atoms with van der Waals surface area (Å²) < 4.78 is 0. The van der Waals surface area contributed by atoms with Gasteiger partial charge in [-0.1, -0.05) is 6.42 Å². The molecule has 4 nitrogen and oxygen atoms in total. The van der Waals surface area contributed by atoms with Crippen molar-refractivity contribution < 1.29 is 0 Å². The van der Waals surface area contributed by atoms with E-state index in [0.29, 0.717) is 6.54 Å². The monoisotopic (exact) mass is 206 g/mol. The van der Waals surface area contributed by atoms with Crippen LogP contribution >= 0.6 is 0 Å². The number of hydrogen-bond donors (Lipinski definition) is 1. The Bertz CT molecular complexity index is 324. The molecule has 1 aliphatic carbocycles. The fourth-order valence-electron chi connectivity index (χ4n) is 1.94. The molecule has 1 heterocycles. The summed E-state index contributed by atoms with van der Waals surface area (Å²) in [4.78, 5) is 4.58. The number of aromatic nitrogens is 3. The Kier molecular flexibility index (Phi) is 3.61. The van der Waals surface area contributed by atoms with Gasteiger partial charge in [-0.3, -0.25) is 0 Å². The molecule has 0 amide bonds.